The normalized spacial score (nSPS) is 9.95. The van der Waals surface area contributed by atoms with Crippen molar-refractivity contribution in [1.29, 1.82) is 0 Å². The number of aromatic nitrogens is 1. The van der Waals surface area contributed by atoms with Gasteiger partial charge in [-0.15, -0.1) is 0 Å². The zero-order valence-electron chi connectivity index (χ0n) is 12.2. The highest BCUT2D eigenvalue weighted by Gasteiger charge is 2.10. The second kappa shape index (κ2) is 8.14. The molecule has 1 rings (SSSR count). The van der Waals surface area contributed by atoms with E-state index in [1.807, 2.05) is 20.8 Å². The summed E-state index contributed by atoms with van der Waals surface area (Å²) >= 11 is 0. The molecule has 20 heavy (non-hydrogen) atoms. The van der Waals surface area contributed by atoms with Crippen LogP contribution in [-0.2, 0) is 4.79 Å². The molecule has 0 unspecified atom stereocenters. The van der Waals surface area contributed by atoms with Gasteiger partial charge < -0.3 is 16.0 Å². The molecule has 0 spiro atoms. The number of rotatable bonds is 7. The highest BCUT2D eigenvalue weighted by atomic mass is 16.2. The van der Waals surface area contributed by atoms with E-state index in [1.54, 1.807) is 12.1 Å². The molecule has 1 aromatic heterocycles. The van der Waals surface area contributed by atoms with E-state index in [9.17, 15) is 9.59 Å². The number of anilines is 1. The largest absolute Gasteiger partial charge is 0.370 e. The molecule has 0 aliphatic carbocycles. The van der Waals surface area contributed by atoms with Gasteiger partial charge in [-0.1, -0.05) is 6.92 Å². The van der Waals surface area contributed by atoms with Crippen LogP contribution in [-0.4, -0.2) is 36.4 Å². The molecule has 110 valence electrons. The summed E-state index contributed by atoms with van der Waals surface area (Å²) in [5.41, 5.74) is 1.25. The van der Waals surface area contributed by atoms with E-state index < -0.39 is 0 Å². The zero-order valence-corrected chi connectivity index (χ0v) is 12.2. The highest BCUT2D eigenvalue weighted by Crippen LogP contribution is 2.09. The Morgan fingerprint density at radius 3 is 2.60 bits per heavy atom. The van der Waals surface area contributed by atoms with Crippen LogP contribution < -0.4 is 16.0 Å². The third kappa shape index (κ3) is 5.26. The molecule has 1 aromatic rings. The Balaban J connectivity index is 2.60. The molecule has 0 saturated heterocycles. The van der Waals surface area contributed by atoms with Gasteiger partial charge in [0.2, 0.25) is 5.91 Å². The Labute approximate surface area is 119 Å². The van der Waals surface area contributed by atoms with Gasteiger partial charge in [-0.05, 0) is 32.4 Å². The molecule has 1 heterocycles. The van der Waals surface area contributed by atoms with Gasteiger partial charge in [0.1, 0.15) is 5.82 Å². The van der Waals surface area contributed by atoms with Gasteiger partial charge in [0.05, 0.1) is 6.54 Å². The minimum Gasteiger partial charge on any atom is -0.370 e. The van der Waals surface area contributed by atoms with Gasteiger partial charge in [0, 0.05) is 24.3 Å². The van der Waals surface area contributed by atoms with Crippen LogP contribution in [0.1, 0.15) is 36.3 Å². The van der Waals surface area contributed by atoms with Crippen molar-refractivity contribution >= 4 is 17.6 Å². The number of carbonyl (C=O) groups excluding carboxylic acids is 2. The summed E-state index contributed by atoms with van der Waals surface area (Å²) in [6, 6.07) is 3.37. The lowest BCUT2D eigenvalue weighted by atomic mass is 10.2. The average molecular weight is 278 g/mol. The number of hydrogen-bond donors (Lipinski definition) is 3. The van der Waals surface area contributed by atoms with Crippen LogP contribution in [0, 0.1) is 6.92 Å². The summed E-state index contributed by atoms with van der Waals surface area (Å²) in [5, 5.41) is 8.37. The fourth-order valence-electron chi connectivity index (χ4n) is 1.66. The number of hydrogen-bond acceptors (Lipinski definition) is 4. The Morgan fingerprint density at radius 1 is 1.20 bits per heavy atom. The molecule has 0 bridgehead atoms. The topological polar surface area (TPSA) is 83.1 Å². The maximum Gasteiger partial charge on any atom is 0.251 e. The fraction of sp³-hybridized carbons (Fsp3) is 0.500. The molecular weight excluding hydrogens is 256 g/mol. The molecule has 0 radical (unpaired) electrons. The number of amides is 2. The van der Waals surface area contributed by atoms with E-state index in [-0.39, 0.29) is 18.4 Å². The first-order valence-electron chi connectivity index (χ1n) is 6.84. The first-order chi connectivity index (χ1) is 9.56. The molecular formula is C14H22N4O2. The maximum absolute atomic E-state index is 12.0. The van der Waals surface area contributed by atoms with E-state index in [1.165, 1.54) is 0 Å². The molecule has 0 saturated carbocycles. The number of carbonyl (C=O) groups is 2. The van der Waals surface area contributed by atoms with Crippen LogP contribution in [0.3, 0.4) is 0 Å². The molecule has 2 amide bonds. The zero-order chi connectivity index (χ0) is 15.0. The third-order valence-electron chi connectivity index (χ3n) is 2.56. The number of nitrogens with one attached hydrogen (secondary N) is 3. The number of nitrogens with zero attached hydrogens (tertiary/aromatic N) is 1. The molecule has 0 atom stereocenters. The van der Waals surface area contributed by atoms with Gasteiger partial charge in [-0.3, -0.25) is 9.59 Å². The Kier molecular flexibility index (Phi) is 6.49. The van der Waals surface area contributed by atoms with E-state index in [0.717, 1.165) is 18.7 Å². The second-order valence-corrected chi connectivity index (χ2v) is 4.45. The van der Waals surface area contributed by atoms with Gasteiger partial charge in [0.25, 0.3) is 5.91 Å². The number of aryl methyl sites for hydroxylation is 1. The van der Waals surface area contributed by atoms with Crippen molar-refractivity contribution in [2.24, 2.45) is 0 Å². The van der Waals surface area contributed by atoms with Crippen molar-refractivity contribution in [3.8, 4) is 0 Å². The third-order valence-corrected chi connectivity index (χ3v) is 2.56. The Morgan fingerprint density at radius 2 is 1.95 bits per heavy atom. The first-order valence-corrected chi connectivity index (χ1v) is 6.84. The lowest BCUT2D eigenvalue weighted by Gasteiger charge is -2.09. The molecule has 0 aliphatic heterocycles. The molecule has 0 fully saturated rings. The predicted octanol–water partition coefficient (Wildman–Crippen LogP) is 1.08. The summed E-state index contributed by atoms with van der Waals surface area (Å²) in [6.07, 6.45) is 0.870. The predicted molar refractivity (Wildman–Crippen MR) is 78.8 cm³/mol. The van der Waals surface area contributed by atoms with Crippen molar-refractivity contribution in [3.05, 3.63) is 23.4 Å². The molecule has 3 N–H and O–H groups in total. The summed E-state index contributed by atoms with van der Waals surface area (Å²) in [4.78, 5) is 27.7. The van der Waals surface area contributed by atoms with Gasteiger partial charge in [0.15, 0.2) is 0 Å². The van der Waals surface area contributed by atoms with Crippen LogP contribution in [0.4, 0.5) is 5.82 Å². The fourth-order valence-corrected chi connectivity index (χ4v) is 1.66. The minimum atomic E-state index is -0.277. The van der Waals surface area contributed by atoms with Crippen molar-refractivity contribution in [1.82, 2.24) is 15.6 Å². The maximum atomic E-state index is 12.0. The average Bonchev–Trinajstić information content (AvgIpc) is 2.42. The van der Waals surface area contributed by atoms with Gasteiger partial charge >= 0.3 is 0 Å². The highest BCUT2D eigenvalue weighted by molar-refractivity contribution is 5.97. The summed E-state index contributed by atoms with van der Waals surface area (Å²) in [5.74, 6) is 0.201. The SMILES string of the molecule is CCCNC(=O)CNC(=O)c1cc(C)nc(NCC)c1. The summed E-state index contributed by atoms with van der Waals surface area (Å²) < 4.78 is 0. The lowest BCUT2D eigenvalue weighted by molar-refractivity contribution is -0.120. The summed E-state index contributed by atoms with van der Waals surface area (Å²) in [6.45, 7) is 7.09. The minimum absolute atomic E-state index is 0.0171. The molecule has 6 heteroatoms. The van der Waals surface area contributed by atoms with E-state index in [2.05, 4.69) is 20.9 Å². The van der Waals surface area contributed by atoms with Crippen LogP contribution >= 0.6 is 0 Å². The van der Waals surface area contributed by atoms with Crippen molar-refractivity contribution < 1.29 is 9.59 Å². The monoisotopic (exact) mass is 278 g/mol. The quantitative estimate of drug-likeness (QED) is 0.697. The van der Waals surface area contributed by atoms with Crippen molar-refractivity contribution in [2.75, 3.05) is 25.0 Å². The van der Waals surface area contributed by atoms with E-state index >= 15 is 0 Å². The van der Waals surface area contributed by atoms with E-state index in [4.69, 9.17) is 0 Å². The van der Waals surface area contributed by atoms with E-state index in [0.29, 0.717) is 17.9 Å². The van der Waals surface area contributed by atoms with Crippen molar-refractivity contribution in [2.45, 2.75) is 27.2 Å². The van der Waals surface area contributed by atoms with Crippen molar-refractivity contribution in [3.63, 3.8) is 0 Å². The molecule has 6 nitrogen and oxygen atoms in total. The van der Waals surface area contributed by atoms with Crippen LogP contribution in [0.2, 0.25) is 0 Å². The Hall–Kier alpha value is -2.11. The molecule has 0 aromatic carbocycles. The van der Waals surface area contributed by atoms with Crippen LogP contribution in [0.15, 0.2) is 12.1 Å². The second-order valence-electron chi connectivity index (χ2n) is 4.45. The smallest absolute Gasteiger partial charge is 0.251 e. The van der Waals surface area contributed by atoms with Crippen LogP contribution in [0.5, 0.6) is 0 Å². The first kappa shape index (κ1) is 15.9. The Bertz CT molecular complexity index is 474. The lowest BCUT2D eigenvalue weighted by Crippen LogP contribution is -2.37. The number of pyridine rings is 1. The van der Waals surface area contributed by atoms with Crippen LogP contribution in [0.25, 0.3) is 0 Å². The summed E-state index contributed by atoms with van der Waals surface area (Å²) in [7, 11) is 0. The van der Waals surface area contributed by atoms with Gasteiger partial charge in [-0.2, -0.15) is 0 Å². The standard InChI is InChI=1S/C14H22N4O2/c1-4-6-16-13(19)9-17-14(20)11-7-10(3)18-12(8-11)15-5-2/h7-8H,4-6,9H2,1-3H3,(H,15,18)(H,16,19)(H,17,20). The van der Waals surface area contributed by atoms with Gasteiger partial charge in [-0.25, -0.2) is 4.98 Å². The molecule has 0 aliphatic rings.